The number of carbonyl (C=O) groups is 1. The average molecular weight is 286 g/mol. The second kappa shape index (κ2) is 5.90. The average Bonchev–Trinajstić information content (AvgIpc) is 2.95. The highest BCUT2D eigenvalue weighted by molar-refractivity contribution is 5.89. The third-order valence-electron chi connectivity index (χ3n) is 3.59. The van der Waals surface area contributed by atoms with Gasteiger partial charge in [0, 0.05) is 12.7 Å². The Morgan fingerprint density at radius 1 is 1.48 bits per heavy atom. The summed E-state index contributed by atoms with van der Waals surface area (Å²) >= 11 is 0. The third kappa shape index (κ3) is 3.01. The molecule has 2 aromatic heterocycles. The molecule has 1 saturated heterocycles. The molecule has 2 amide bonds. The number of aromatic amines is 1. The Labute approximate surface area is 122 Å². The lowest BCUT2D eigenvalue weighted by Gasteiger charge is -2.33. The molecule has 7 heteroatoms. The number of aryl methyl sites for hydroxylation is 1. The summed E-state index contributed by atoms with van der Waals surface area (Å²) in [6.07, 6.45) is 6.27. The number of anilines is 1. The van der Waals surface area contributed by atoms with Crippen LogP contribution in [-0.2, 0) is 0 Å². The molecule has 7 nitrogen and oxygen atoms in total. The van der Waals surface area contributed by atoms with Gasteiger partial charge in [0.05, 0.1) is 17.9 Å². The Morgan fingerprint density at radius 3 is 3.10 bits per heavy atom. The van der Waals surface area contributed by atoms with Crippen LogP contribution in [0.15, 0.2) is 24.5 Å². The molecule has 3 heterocycles. The van der Waals surface area contributed by atoms with E-state index in [0.717, 1.165) is 25.1 Å². The molecule has 0 spiro atoms. The molecule has 1 aliphatic rings. The lowest BCUT2D eigenvalue weighted by Crippen LogP contribution is -2.41. The van der Waals surface area contributed by atoms with Gasteiger partial charge in [0.15, 0.2) is 5.82 Å². The van der Waals surface area contributed by atoms with Crippen LogP contribution in [0, 0.1) is 6.92 Å². The van der Waals surface area contributed by atoms with Gasteiger partial charge in [-0.2, -0.15) is 5.10 Å². The second-order valence-electron chi connectivity index (χ2n) is 5.16. The van der Waals surface area contributed by atoms with Gasteiger partial charge < -0.3 is 10.2 Å². The van der Waals surface area contributed by atoms with Gasteiger partial charge in [-0.3, -0.25) is 10.1 Å². The zero-order chi connectivity index (χ0) is 14.7. The highest BCUT2D eigenvalue weighted by Crippen LogP contribution is 2.29. The predicted molar refractivity (Wildman–Crippen MR) is 77.7 cm³/mol. The van der Waals surface area contributed by atoms with E-state index in [1.54, 1.807) is 23.4 Å². The fraction of sp³-hybridized carbons (Fsp3) is 0.429. The fourth-order valence-corrected chi connectivity index (χ4v) is 2.58. The van der Waals surface area contributed by atoms with Crippen molar-refractivity contribution in [2.75, 3.05) is 11.9 Å². The van der Waals surface area contributed by atoms with E-state index in [9.17, 15) is 4.79 Å². The Morgan fingerprint density at radius 2 is 2.38 bits per heavy atom. The number of hydrogen-bond donors (Lipinski definition) is 2. The van der Waals surface area contributed by atoms with Crippen LogP contribution in [0.4, 0.5) is 10.5 Å². The number of piperidine rings is 1. The second-order valence-corrected chi connectivity index (χ2v) is 5.16. The highest BCUT2D eigenvalue weighted by atomic mass is 16.2. The molecular weight excluding hydrogens is 268 g/mol. The smallest absolute Gasteiger partial charge is 0.314 e. The molecule has 2 aromatic rings. The molecular formula is C14H18N6O. The van der Waals surface area contributed by atoms with Crippen molar-refractivity contribution < 1.29 is 4.79 Å². The first-order valence-corrected chi connectivity index (χ1v) is 7.10. The van der Waals surface area contributed by atoms with Crippen molar-refractivity contribution in [3.05, 3.63) is 36.2 Å². The lowest BCUT2D eigenvalue weighted by atomic mass is 10.0. The van der Waals surface area contributed by atoms with E-state index in [1.807, 2.05) is 13.0 Å². The number of rotatable bonds is 2. The molecule has 1 fully saturated rings. The maximum absolute atomic E-state index is 12.5. The van der Waals surface area contributed by atoms with Gasteiger partial charge in [-0.15, -0.1) is 0 Å². The maximum Gasteiger partial charge on any atom is 0.322 e. The molecule has 0 bridgehead atoms. The van der Waals surface area contributed by atoms with E-state index in [4.69, 9.17) is 0 Å². The van der Waals surface area contributed by atoms with Gasteiger partial charge >= 0.3 is 6.03 Å². The van der Waals surface area contributed by atoms with E-state index < -0.39 is 0 Å². The van der Waals surface area contributed by atoms with Crippen LogP contribution in [0.1, 0.15) is 37.0 Å². The minimum Gasteiger partial charge on any atom is -0.314 e. The minimum absolute atomic E-state index is 0.0691. The number of nitrogens with zero attached hydrogens (tertiary/aromatic N) is 4. The number of carbonyl (C=O) groups excluding carboxylic acids is 1. The molecule has 3 rings (SSSR count). The molecule has 1 aliphatic heterocycles. The van der Waals surface area contributed by atoms with Crippen LogP contribution in [0.5, 0.6) is 0 Å². The Kier molecular flexibility index (Phi) is 3.81. The minimum atomic E-state index is -0.129. The van der Waals surface area contributed by atoms with Gasteiger partial charge in [0.2, 0.25) is 0 Å². The summed E-state index contributed by atoms with van der Waals surface area (Å²) in [6, 6.07) is 3.42. The Bertz CT molecular complexity index is 611. The number of urea groups is 1. The summed E-state index contributed by atoms with van der Waals surface area (Å²) in [4.78, 5) is 22.7. The molecule has 0 aliphatic carbocycles. The van der Waals surface area contributed by atoms with Crippen LogP contribution in [-0.4, -0.2) is 37.6 Å². The van der Waals surface area contributed by atoms with Crippen molar-refractivity contribution in [3.63, 3.8) is 0 Å². The quantitative estimate of drug-likeness (QED) is 0.886. The highest BCUT2D eigenvalue weighted by Gasteiger charge is 2.30. The van der Waals surface area contributed by atoms with E-state index in [-0.39, 0.29) is 12.1 Å². The van der Waals surface area contributed by atoms with Gasteiger partial charge in [0.25, 0.3) is 0 Å². The van der Waals surface area contributed by atoms with E-state index in [1.165, 1.54) is 0 Å². The number of likely N-dealkylation sites (tertiary alicyclic amines) is 1. The molecule has 0 saturated carbocycles. The molecule has 2 N–H and O–H groups in total. The van der Waals surface area contributed by atoms with Gasteiger partial charge in [-0.1, -0.05) is 0 Å². The van der Waals surface area contributed by atoms with Crippen LogP contribution in [0.2, 0.25) is 0 Å². The number of pyridine rings is 1. The summed E-state index contributed by atoms with van der Waals surface area (Å²) < 4.78 is 0. The van der Waals surface area contributed by atoms with Crippen molar-refractivity contribution in [3.8, 4) is 0 Å². The van der Waals surface area contributed by atoms with Gasteiger partial charge in [-0.25, -0.2) is 9.78 Å². The van der Waals surface area contributed by atoms with Crippen LogP contribution in [0.25, 0.3) is 0 Å². The van der Waals surface area contributed by atoms with Gasteiger partial charge in [-0.05, 0) is 38.3 Å². The van der Waals surface area contributed by atoms with Crippen molar-refractivity contribution in [2.24, 2.45) is 0 Å². The maximum atomic E-state index is 12.5. The van der Waals surface area contributed by atoms with E-state index in [2.05, 4.69) is 25.5 Å². The van der Waals surface area contributed by atoms with Crippen molar-refractivity contribution in [2.45, 2.75) is 32.2 Å². The number of amides is 2. The first-order valence-electron chi connectivity index (χ1n) is 7.10. The number of aromatic nitrogens is 4. The lowest BCUT2D eigenvalue weighted by molar-refractivity contribution is 0.159. The summed E-state index contributed by atoms with van der Waals surface area (Å²) in [5.41, 5.74) is 0.693. The summed E-state index contributed by atoms with van der Waals surface area (Å²) in [6.45, 7) is 2.57. The topological polar surface area (TPSA) is 86.8 Å². The number of H-pyrrole nitrogens is 1. The summed E-state index contributed by atoms with van der Waals surface area (Å²) in [5.74, 6) is 1.46. The Hall–Kier alpha value is -2.44. The standard InChI is InChI=1S/C14H18N6O/c1-10-16-13(19-18-10)12-6-2-3-8-20(12)14(21)17-11-5-4-7-15-9-11/h4-5,7,9,12H,2-3,6,8H2,1H3,(H,17,21)(H,16,18,19)/t12-/m0/s1. The van der Waals surface area contributed by atoms with Crippen molar-refractivity contribution >= 4 is 11.7 Å². The normalized spacial score (nSPS) is 18.5. The van der Waals surface area contributed by atoms with Crippen molar-refractivity contribution in [1.29, 1.82) is 0 Å². The first kappa shape index (κ1) is 13.5. The molecule has 0 unspecified atom stereocenters. The molecule has 1 atom stereocenters. The zero-order valence-electron chi connectivity index (χ0n) is 11.9. The Balaban J connectivity index is 1.76. The van der Waals surface area contributed by atoms with Crippen molar-refractivity contribution in [1.82, 2.24) is 25.1 Å². The fourth-order valence-electron chi connectivity index (χ4n) is 2.58. The van der Waals surface area contributed by atoms with Crippen LogP contribution >= 0.6 is 0 Å². The van der Waals surface area contributed by atoms with Crippen LogP contribution < -0.4 is 5.32 Å². The molecule has 110 valence electrons. The first-order chi connectivity index (χ1) is 10.2. The predicted octanol–water partition coefficient (Wildman–Crippen LogP) is 2.27. The molecule has 0 aromatic carbocycles. The number of nitrogens with one attached hydrogen (secondary N) is 2. The molecule has 0 radical (unpaired) electrons. The molecule has 21 heavy (non-hydrogen) atoms. The monoisotopic (exact) mass is 286 g/mol. The third-order valence-corrected chi connectivity index (χ3v) is 3.59. The summed E-state index contributed by atoms with van der Waals surface area (Å²) in [5, 5.41) is 9.93. The van der Waals surface area contributed by atoms with Crippen LogP contribution in [0.3, 0.4) is 0 Å². The summed E-state index contributed by atoms with van der Waals surface area (Å²) in [7, 11) is 0. The zero-order valence-corrected chi connectivity index (χ0v) is 11.9. The van der Waals surface area contributed by atoms with E-state index in [0.29, 0.717) is 18.1 Å². The van der Waals surface area contributed by atoms with Gasteiger partial charge in [0.1, 0.15) is 5.82 Å². The van der Waals surface area contributed by atoms with E-state index >= 15 is 0 Å². The SMILES string of the molecule is Cc1nc([C@@H]2CCCCN2C(=O)Nc2cccnc2)n[nH]1. The largest absolute Gasteiger partial charge is 0.322 e. The number of hydrogen-bond acceptors (Lipinski definition) is 4.